The van der Waals surface area contributed by atoms with E-state index in [0.717, 1.165) is 22.3 Å². The van der Waals surface area contributed by atoms with Crippen molar-refractivity contribution in [2.24, 2.45) is 0 Å². The number of hydrogen-bond acceptors (Lipinski definition) is 4. The van der Waals surface area contributed by atoms with Gasteiger partial charge in [0.05, 0.1) is 10.2 Å². The molecular weight excluding hydrogens is 318 g/mol. The number of likely N-dealkylation sites (N-methyl/N-ethyl adjacent to an activating group) is 1. The fourth-order valence-corrected chi connectivity index (χ4v) is 3.65. The van der Waals surface area contributed by atoms with Crippen LogP contribution in [-0.4, -0.2) is 29.4 Å². The van der Waals surface area contributed by atoms with E-state index in [0.29, 0.717) is 5.13 Å². The van der Waals surface area contributed by atoms with Crippen LogP contribution < -0.4 is 5.32 Å². The summed E-state index contributed by atoms with van der Waals surface area (Å²) in [6.07, 6.45) is 0. The Morgan fingerprint density at radius 3 is 2.71 bits per heavy atom. The van der Waals surface area contributed by atoms with Crippen molar-refractivity contribution in [3.8, 4) is 0 Å². The van der Waals surface area contributed by atoms with E-state index in [-0.39, 0.29) is 11.9 Å². The number of thiazole rings is 1. The Hall–Kier alpha value is -2.24. The van der Waals surface area contributed by atoms with E-state index < -0.39 is 0 Å². The number of nitrogens with one attached hydrogen (secondary N) is 1. The molecule has 5 heteroatoms. The number of carbonyl (C=O) groups is 1. The van der Waals surface area contributed by atoms with Gasteiger partial charge in [-0.25, -0.2) is 4.98 Å². The van der Waals surface area contributed by atoms with Gasteiger partial charge < -0.3 is 5.32 Å². The number of fused-ring (bicyclic) bond motifs is 1. The molecule has 2 aromatic carbocycles. The van der Waals surface area contributed by atoms with Gasteiger partial charge in [-0.2, -0.15) is 0 Å². The summed E-state index contributed by atoms with van der Waals surface area (Å²) >= 11 is 1.51. The first-order valence-electron chi connectivity index (χ1n) is 8.01. The maximum Gasteiger partial charge on any atom is 0.248 e. The van der Waals surface area contributed by atoms with Crippen LogP contribution >= 0.6 is 11.3 Å². The molecule has 0 aliphatic rings. The van der Waals surface area contributed by atoms with Crippen molar-refractivity contribution in [3.63, 3.8) is 0 Å². The molecule has 1 amide bonds. The van der Waals surface area contributed by atoms with Gasteiger partial charge in [-0.1, -0.05) is 54.7 Å². The van der Waals surface area contributed by atoms with Gasteiger partial charge in [-0.3, -0.25) is 9.69 Å². The first-order valence-corrected chi connectivity index (χ1v) is 8.83. The molecule has 0 aliphatic carbocycles. The van der Waals surface area contributed by atoms with Gasteiger partial charge in [-0.15, -0.1) is 0 Å². The highest BCUT2D eigenvalue weighted by atomic mass is 32.1. The van der Waals surface area contributed by atoms with Crippen LogP contribution in [0, 0.1) is 6.92 Å². The second-order valence-electron chi connectivity index (χ2n) is 5.87. The molecule has 4 nitrogen and oxygen atoms in total. The molecular formula is C19H21N3OS. The summed E-state index contributed by atoms with van der Waals surface area (Å²) < 4.78 is 1.09. The Balaban J connectivity index is 1.87. The van der Waals surface area contributed by atoms with Gasteiger partial charge in [0.15, 0.2) is 5.13 Å². The van der Waals surface area contributed by atoms with Crippen LogP contribution in [0.2, 0.25) is 0 Å². The molecule has 124 valence electrons. The van der Waals surface area contributed by atoms with Crippen molar-refractivity contribution in [1.82, 2.24) is 9.88 Å². The third kappa shape index (κ3) is 3.47. The van der Waals surface area contributed by atoms with Crippen LogP contribution in [0.1, 0.15) is 24.1 Å². The molecule has 24 heavy (non-hydrogen) atoms. The number of benzene rings is 2. The van der Waals surface area contributed by atoms with Gasteiger partial charge in [0, 0.05) is 0 Å². The van der Waals surface area contributed by atoms with Gasteiger partial charge >= 0.3 is 0 Å². The van der Waals surface area contributed by atoms with Crippen LogP contribution in [0.4, 0.5) is 5.13 Å². The maximum absolute atomic E-state index is 12.9. The van der Waals surface area contributed by atoms with Crippen molar-refractivity contribution < 1.29 is 4.79 Å². The molecule has 0 bridgehead atoms. The molecule has 0 radical (unpaired) electrons. The van der Waals surface area contributed by atoms with Crippen molar-refractivity contribution in [2.45, 2.75) is 19.9 Å². The zero-order valence-corrected chi connectivity index (χ0v) is 14.9. The summed E-state index contributed by atoms with van der Waals surface area (Å²) in [6.45, 7) is 4.88. The molecule has 1 unspecified atom stereocenters. The highest BCUT2D eigenvalue weighted by Gasteiger charge is 2.25. The average molecular weight is 339 g/mol. The fourth-order valence-electron chi connectivity index (χ4n) is 2.68. The molecule has 3 aromatic rings. The van der Waals surface area contributed by atoms with Gasteiger partial charge in [0.25, 0.3) is 0 Å². The number of hydrogen-bond donors (Lipinski definition) is 1. The molecule has 0 saturated carbocycles. The third-order valence-corrected chi connectivity index (χ3v) is 5.01. The van der Waals surface area contributed by atoms with Crippen LogP contribution in [0.5, 0.6) is 0 Å². The van der Waals surface area contributed by atoms with Crippen LogP contribution in [0.15, 0.2) is 48.5 Å². The lowest BCUT2D eigenvalue weighted by Gasteiger charge is -2.25. The van der Waals surface area contributed by atoms with Crippen LogP contribution in [0.3, 0.4) is 0 Å². The van der Waals surface area contributed by atoms with Gasteiger partial charge in [0.1, 0.15) is 6.04 Å². The van der Waals surface area contributed by atoms with Crippen LogP contribution in [-0.2, 0) is 4.79 Å². The second kappa shape index (κ2) is 7.11. The molecule has 1 N–H and O–H groups in total. The lowest BCUT2D eigenvalue weighted by molar-refractivity contribution is -0.121. The monoisotopic (exact) mass is 339 g/mol. The lowest BCUT2D eigenvalue weighted by atomic mass is 10.1. The molecule has 0 aliphatic heterocycles. The molecule has 1 aromatic heterocycles. The van der Waals surface area contributed by atoms with E-state index in [2.05, 4.69) is 23.3 Å². The Bertz CT molecular complexity index is 844. The summed E-state index contributed by atoms with van der Waals surface area (Å²) in [7, 11) is 1.96. The fraction of sp³-hybridized carbons (Fsp3) is 0.263. The van der Waals surface area contributed by atoms with Gasteiger partial charge in [0.2, 0.25) is 5.91 Å². The van der Waals surface area contributed by atoms with Crippen molar-refractivity contribution in [3.05, 3.63) is 59.7 Å². The number of rotatable bonds is 5. The average Bonchev–Trinajstić information content (AvgIpc) is 2.97. The molecule has 0 spiro atoms. The standard InChI is InChI=1S/C19H21N3OS/c1-4-22(3)17(14-8-6-5-7-9-14)18(23)21-19-20-15-11-10-13(2)12-16(15)24-19/h5-12,17H,4H2,1-3H3,(H,20,21,23). The Morgan fingerprint density at radius 1 is 1.25 bits per heavy atom. The zero-order valence-electron chi connectivity index (χ0n) is 14.1. The Kier molecular flexibility index (Phi) is 4.92. The first kappa shape index (κ1) is 16.6. The summed E-state index contributed by atoms with van der Waals surface area (Å²) in [4.78, 5) is 19.4. The number of amides is 1. The predicted molar refractivity (Wildman–Crippen MR) is 100 cm³/mol. The first-order chi connectivity index (χ1) is 11.6. The number of aryl methyl sites for hydroxylation is 1. The zero-order chi connectivity index (χ0) is 17.1. The number of aromatic nitrogens is 1. The Labute approximate surface area is 146 Å². The minimum atomic E-state index is -0.329. The molecule has 1 heterocycles. The molecule has 0 fully saturated rings. The van der Waals surface area contributed by atoms with Crippen LogP contribution in [0.25, 0.3) is 10.2 Å². The second-order valence-corrected chi connectivity index (χ2v) is 6.90. The third-order valence-electron chi connectivity index (χ3n) is 4.08. The quantitative estimate of drug-likeness (QED) is 0.756. The minimum absolute atomic E-state index is 0.0543. The largest absolute Gasteiger partial charge is 0.300 e. The predicted octanol–water partition coefficient (Wildman–Crippen LogP) is 4.24. The lowest BCUT2D eigenvalue weighted by Crippen LogP contribution is -2.34. The van der Waals surface area contributed by atoms with E-state index in [1.807, 2.05) is 61.3 Å². The van der Waals surface area contributed by atoms with Crippen molar-refractivity contribution in [1.29, 1.82) is 0 Å². The van der Waals surface area contributed by atoms with E-state index >= 15 is 0 Å². The van der Waals surface area contributed by atoms with E-state index in [9.17, 15) is 4.79 Å². The number of nitrogens with zero attached hydrogens (tertiary/aromatic N) is 2. The number of carbonyl (C=O) groups excluding carboxylic acids is 1. The van der Waals surface area contributed by atoms with E-state index in [1.165, 1.54) is 16.9 Å². The molecule has 1 atom stereocenters. The number of anilines is 1. The van der Waals surface area contributed by atoms with Gasteiger partial charge in [-0.05, 0) is 43.8 Å². The van der Waals surface area contributed by atoms with Crippen molar-refractivity contribution in [2.75, 3.05) is 18.9 Å². The van der Waals surface area contributed by atoms with Crippen molar-refractivity contribution >= 4 is 32.6 Å². The maximum atomic E-state index is 12.9. The SMILES string of the molecule is CCN(C)C(C(=O)Nc1nc2ccc(C)cc2s1)c1ccccc1. The Morgan fingerprint density at radius 2 is 2.00 bits per heavy atom. The summed E-state index contributed by atoms with van der Waals surface area (Å²) in [5.74, 6) is -0.0543. The topological polar surface area (TPSA) is 45.2 Å². The smallest absolute Gasteiger partial charge is 0.248 e. The van der Waals surface area contributed by atoms with E-state index in [4.69, 9.17) is 0 Å². The highest BCUT2D eigenvalue weighted by molar-refractivity contribution is 7.22. The highest BCUT2D eigenvalue weighted by Crippen LogP contribution is 2.28. The van der Waals surface area contributed by atoms with E-state index in [1.54, 1.807) is 0 Å². The summed E-state index contributed by atoms with van der Waals surface area (Å²) in [5, 5.41) is 3.64. The molecule has 0 saturated heterocycles. The summed E-state index contributed by atoms with van der Waals surface area (Å²) in [6, 6.07) is 15.6. The normalized spacial score (nSPS) is 12.5. The minimum Gasteiger partial charge on any atom is -0.300 e. The molecule has 3 rings (SSSR count). The summed E-state index contributed by atoms with van der Waals surface area (Å²) in [5.41, 5.74) is 3.09.